The summed E-state index contributed by atoms with van der Waals surface area (Å²) in [5, 5.41) is 10.5. The van der Waals surface area contributed by atoms with E-state index in [1.807, 2.05) is 24.3 Å². The number of phenols is 1. The van der Waals surface area contributed by atoms with E-state index in [1.165, 1.54) is 0 Å². The number of aromatic hydroxyl groups is 1. The number of fused-ring (bicyclic) bond motifs is 2. The van der Waals surface area contributed by atoms with Crippen LogP contribution in [0.15, 0.2) is 82.0 Å². The lowest BCUT2D eigenvalue weighted by Crippen LogP contribution is -2.29. The average Bonchev–Trinajstić information content (AvgIpc) is 3.06. The van der Waals surface area contributed by atoms with Gasteiger partial charge in [-0.3, -0.25) is 9.59 Å². The quantitative estimate of drug-likeness (QED) is 0.541. The topological polar surface area (TPSA) is 80.0 Å². The number of carbonyl (C=O) groups is 1. The Morgan fingerprint density at radius 2 is 1.77 bits per heavy atom. The van der Waals surface area contributed by atoms with Crippen LogP contribution >= 0.6 is 0 Å². The summed E-state index contributed by atoms with van der Waals surface area (Å²) in [4.78, 5) is 28.4. The molecule has 31 heavy (non-hydrogen) atoms. The molecule has 0 spiro atoms. The van der Waals surface area contributed by atoms with Gasteiger partial charge in [-0.1, -0.05) is 36.4 Å². The van der Waals surface area contributed by atoms with Crippen LogP contribution in [0, 0.1) is 0 Å². The number of methoxy groups -OCH3 is 1. The molecule has 1 amide bonds. The van der Waals surface area contributed by atoms with Crippen molar-refractivity contribution >= 4 is 16.9 Å². The maximum Gasteiger partial charge on any atom is 0.291 e. The second-order valence-electron chi connectivity index (χ2n) is 7.45. The zero-order chi connectivity index (χ0) is 21.5. The number of para-hydroxylation sites is 1. The van der Waals surface area contributed by atoms with Crippen LogP contribution in [0.2, 0.25) is 0 Å². The molecule has 0 radical (unpaired) electrons. The highest BCUT2D eigenvalue weighted by Gasteiger charge is 2.42. The molecule has 0 fully saturated rings. The second-order valence-corrected chi connectivity index (χ2v) is 7.45. The van der Waals surface area contributed by atoms with Gasteiger partial charge in [-0.2, -0.15) is 0 Å². The fourth-order valence-electron chi connectivity index (χ4n) is 4.10. The number of amides is 1. The summed E-state index contributed by atoms with van der Waals surface area (Å²) < 4.78 is 11.1. The summed E-state index contributed by atoms with van der Waals surface area (Å²) in [5.41, 5.74) is 1.95. The minimum Gasteiger partial charge on any atom is -0.508 e. The maximum atomic E-state index is 13.4. The fourth-order valence-corrected chi connectivity index (χ4v) is 4.10. The standard InChI is InChI=1S/C25H19NO5/c1-30-18-11-9-15(10-12-18)14-26-22(16-5-4-6-17(27)13-16)21-23(28)19-7-2-3-8-20(19)31-24(21)25(26)29/h2-13,22,27H,14H2,1H3. The van der Waals surface area contributed by atoms with E-state index >= 15 is 0 Å². The van der Waals surface area contributed by atoms with Crippen molar-refractivity contribution in [3.05, 3.63) is 105 Å². The largest absolute Gasteiger partial charge is 0.508 e. The van der Waals surface area contributed by atoms with E-state index in [4.69, 9.17) is 9.15 Å². The van der Waals surface area contributed by atoms with Gasteiger partial charge < -0.3 is 19.2 Å². The van der Waals surface area contributed by atoms with Crippen molar-refractivity contribution in [1.29, 1.82) is 0 Å². The molecule has 1 aliphatic heterocycles. The van der Waals surface area contributed by atoms with Gasteiger partial charge in [-0.05, 0) is 47.5 Å². The summed E-state index contributed by atoms with van der Waals surface area (Å²) in [6, 6.07) is 20.2. The first-order valence-corrected chi connectivity index (χ1v) is 9.85. The van der Waals surface area contributed by atoms with Gasteiger partial charge in [0.1, 0.15) is 17.1 Å². The lowest BCUT2D eigenvalue weighted by molar-refractivity contribution is 0.0714. The third-order valence-electron chi connectivity index (χ3n) is 5.57. The van der Waals surface area contributed by atoms with Gasteiger partial charge in [0.25, 0.3) is 5.91 Å². The number of hydrogen-bond donors (Lipinski definition) is 1. The highest BCUT2D eigenvalue weighted by molar-refractivity contribution is 5.99. The Labute approximate surface area is 177 Å². The minimum atomic E-state index is -0.669. The van der Waals surface area contributed by atoms with Crippen LogP contribution in [0.25, 0.3) is 11.0 Å². The van der Waals surface area contributed by atoms with E-state index in [-0.39, 0.29) is 29.4 Å². The molecule has 1 aliphatic rings. The molecular formula is C25H19NO5. The predicted octanol–water partition coefficient (Wildman–Crippen LogP) is 4.25. The highest BCUT2D eigenvalue weighted by Crippen LogP contribution is 2.39. The lowest BCUT2D eigenvalue weighted by atomic mass is 9.98. The number of ether oxygens (including phenoxy) is 1. The number of carbonyl (C=O) groups excluding carboxylic acids is 1. The van der Waals surface area contributed by atoms with E-state index in [0.29, 0.717) is 27.8 Å². The van der Waals surface area contributed by atoms with Crippen molar-refractivity contribution in [1.82, 2.24) is 4.90 Å². The molecule has 0 aliphatic carbocycles. The van der Waals surface area contributed by atoms with E-state index in [9.17, 15) is 14.7 Å². The van der Waals surface area contributed by atoms with Gasteiger partial charge in [0.15, 0.2) is 5.43 Å². The van der Waals surface area contributed by atoms with E-state index in [2.05, 4.69) is 0 Å². The van der Waals surface area contributed by atoms with Gasteiger partial charge in [0.05, 0.1) is 24.1 Å². The third-order valence-corrected chi connectivity index (χ3v) is 5.57. The van der Waals surface area contributed by atoms with Crippen LogP contribution in [-0.2, 0) is 6.54 Å². The van der Waals surface area contributed by atoms with E-state index in [0.717, 1.165) is 5.56 Å². The monoisotopic (exact) mass is 413 g/mol. The van der Waals surface area contributed by atoms with Crippen molar-refractivity contribution in [2.75, 3.05) is 7.11 Å². The smallest absolute Gasteiger partial charge is 0.291 e. The van der Waals surface area contributed by atoms with Crippen LogP contribution in [-0.4, -0.2) is 23.0 Å². The van der Waals surface area contributed by atoms with Gasteiger partial charge >= 0.3 is 0 Å². The molecule has 5 rings (SSSR count). The number of hydrogen-bond acceptors (Lipinski definition) is 5. The van der Waals surface area contributed by atoms with Crippen molar-refractivity contribution in [2.24, 2.45) is 0 Å². The molecule has 3 aromatic carbocycles. The molecule has 6 heteroatoms. The molecule has 1 aromatic heterocycles. The van der Waals surface area contributed by atoms with Crippen molar-refractivity contribution in [2.45, 2.75) is 12.6 Å². The zero-order valence-electron chi connectivity index (χ0n) is 16.7. The number of benzene rings is 3. The highest BCUT2D eigenvalue weighted by atomic mass is 16.5. The minimum absolute atomic E-state index is 0.0468. The molecule has 1 atom stereocenters. The van der Waals surface area contributed by atoms with Gasteiger partial charge in [0.2, 0.25) is 5.76 Å². The zero-order valence-corrected chi connectivity index (χ0v) is 16.7. The molecule has 0 bridgehead atoms. The normalized spacial score (nSPS) is 15.3. The summed E-state index contributed by atoms with van der Waals surface area (Å²) in [6.45, 7) is 0.267. The molecule has 6 nitrogen and oxygen atoms in total. The van der Waals surface area contributed by atoms with E-state index in [1.54, 1.807) is 60.5 Å². The van der Waals surface area contributed by atoms with Crippen LogP contribution in [0.1, 0.15) is 33.3 Å². The number of rotatable bonds is 4. The van der Waals surface area contributed by atoms with Gasteiger partial charge in [-0.25, -0.2) is 0 Å². The maximum absolute atomic E-state index is 13.4. The Morgan fingerprint density at radius 3 is 2.52 bits per heavy atom. The fraction of sp³-hybridized carbons (Fsp3) is 0.120. The van der Waals surface area contributed by atoms with Crippen molar-refractivity contribution in [3.63, 3.8) is 0 Å². The molecule has 4 aromatic rings. The summed E-state index contributed by atoms with van der Waals surface area (Å²) in [6.07, 6.45) is 0. The third kappa shape index (κ3) is 3.13. The van der Waals surface area contributed by atoms with E-state index < -0.39 is 6.04 Å². The van der Waals surface area contributed by atoms with Gasteiger partial charge in [0, 0.05) is 6.54 Å². The summed E-state index contributed by atoms with van der Waals surface area (Å²) in [7, 11) is 1.59. The molecular weight excluding hydrogens is 394 g/mol. The molecule has 2 heterocycles. The Hall–Kier alpha value is -4.06. The van der Waals surface area contributed by atoms with Crippen molar-refractivity contribution < 1.29 is 19.1 Å². The van der Waals surface area contributed by atoms with Gasteiger partial charge in [-0.15, -0.1) is 0 Å². The van der Waals surface area contributed by atoms with Crippen LogP contribution in [0.5, 0.6) is 11.5 Å². The summed E-state index contributed by atoms with van der Waals surface area (Å²) in [5.74, 6) is 0.466. The Kier molecular flexibility index (Phi) is 4.47. The molecule has 1 unspecified atom stereocenters. The molecule has 0 saturated heterocycles. The SMILES string of the molecule is COc1ccc(CN2C(=O)c3oc4ccccc4c(=O)c3C2c2cccc(O)c2)cc1. The molecule has 0 saturated carbocycles. The Bertz CT molecular complexity index is 1360. The first-order chi connectivity index (χ1) is 15.1. The molecule has 1 N–H and O–H groups in total. The molecule has 154 valence electrons. The lowest BCUT2D eigenvalue weighted by Gasteiger charge is -2.25. The first-order valence-electron chi connectivity index (χ1n) is 9.85. The average molecular weight is 413 g/mol. The number of phenolic OH excluding ortho intramolecular Hbond substituents is 1. The van der Waals surface area contributed by atoms with Crippen LogP contribution < -0.4 is 10.2 Å². The Balaban J connectivity index is 1.69. The predicted molar refractivity (Wildman–Crippen MR) is 115 cm³/mol. The van der Waals surface area contributed by atoms with Crippen LogP contribution in [0.3, 0.4) is 0 Å². The number of nitrogens with zero attached hydrogens (tertiary/aromatic N) is 1. The summed E-state index contributed by atoms with van der Waals surface area (Å²) >= 11 is 0. The van der Waals surface area contributed by atoms with Crippen LogP contribution in [0.4, 0.5) is 0 Å². The first kappa shape index (κ1) is 18.9. The van der Waals surface area contributed by atoms with Crippen molar-refractivity contribution in [3.8, 4) is 11.5 Å². The second kappa shape index (κ2) is 7.32. The Morgan fingerprint density at radius 1 is 1.00 bits per heavy atom.